The molecule has 7 heteroatoms. The Balaban J connectivity index is 1.86. The van der Waals surface area contributed by atoms with Crippen molar-refractivity contribution in [1.82, 2.24) is 0 Å². The van der Waals surface area contributed by atoms with Gasteiger partial charge in [-0.25, -0.2) is 0 Å². The van der Waals surface area contributed by atoms with Crippen LogP contribution in [0.1, 0.15) is 10.8 Å². The van der Waals surface area contributed by atoms with Gasteiger partial charge < -0.3 is 5.32 Å². The van der Waals surface area contributed by atoms with Gasteiger partial charge in [-0.2, -0.15) is 0 Å². The van der Waals surface area contributed by atoms with E-state index >= 15 is 0 Å². The van der Waals surface area contributed by atoms with E-state index < -0.39 is 10.2 Å². The van der Waals surface area contributed by atoms with E-state index in [1.54, 1.807) is 0 Å². The standard InChI is InChI=1S/C20H15ClN2O3S/c21-17-13-15(23(25)26)11-12-18(17)22-20(24)19(14-7-3-1-4-8-14)27-16-9-5-2-6-10-16/h1-13,19H,(H,22,24). The number of amides is 1. The molecule has 0 radical (unpaired) electrons. The summed E-state index contributed by atoms with van der Waals surface area (Å²) in [6.45, 7) is 0. The lowest BCUT2D eigenvalue weighted by Gasteiger charge is -2.17. The highest BCUT2D eigenvalue weighted by Crippen LogP contribution is 2.37. The van der Waals surface area contributed by atoms with Crippen LogP contribution in [0.4, 0.5) is 11.4 Å². The Labute approximate surface area is 165 Å². The number of nitro groups is 1. The number of hydrogen-bond donors (Lipinski definition) is 1. The Morgan fingerprint density at radius 2 is 1.63 bits per heavy atom. The lowest BCUT2D eigenvalue weighted by Crippen LogP contribution is -2.19. The van der Waals surface area contributed by atoms with Crippen molar-refractivity contribution >= 4 is 40.6 Å². The van der Waals surface area contributed by atoms with E-state index in [0.29, 0.717) is 5.69 Å². The molecule has 1 atom stereocenters. The van der Waals surface area contributed by atoms with E-state index in [4.69, 9.17) is 11.6 Å². The van der Waals surface area contributed by atoms with Crippen LogP contribution in [-0.2, 0) is 4.79 Å². The molecule has 0 aromatic heterocycles. The van der Waals surface area contributed by atoms with Gasteiger partial charge in [-0.15, -0.1) is 11.8 Å². The summed E-state index contributed by atoms with van der Waals surface area (Å²) < 4.78 is 0. The zero-order chi connectivity index (χ0) is 19.2. The third-order valence-corrected chi connectivity index (χ3v) is 5.34. The molecule has 5 nitrogen and oxygen atoms in total. The van der Waals surface area contributed by atoms with Crippen LogP contribution in [0.5, 0.6) is 0 Å². The molecule has 1 amide bonds. The largest absolute Gasteiger partial charge is 0.323 e. The maximum atomic E-state index is 13.0. The molecule has 3 aromatic carbocycles. The molecule has 1 N–H and O–H groups in total. The van der Waals surface area contributed by atoms with Crippen molar-refractivity contribution in [2.45, 2.75) is 10.1 Å². The molecule has 3 aromatic rings. The number of halogens is 1. The molecule has 3 rings (SSSR count). The number of carbonyl (C=O) groups is 1. The first-order valence-electron chi connectivity index (χ1n) is 8.06. The maximum Gasteiger partial charge on any atom is 0.271 e. The number of anilines is 1. The van der Waals surface area contributed by atoms with Gasteiger partial charge in [0, 0.05) is 17.0 Å². The Bertz CT molecular complexity index is 952. The fourth-order valence-electron chi connectivity index (χ4n) is 2.45. The predicted molar refractivity (Wildman–Crippen MR) is 108 cm³/mol. The minimum atomic E-state index is -0.532. The SMILES string of the molecule is O=C(Nc1ccc([N+](=O)[O-])cc1Cl)C(Sc1ccccc1)c1ccccc1. The molecule has 0 saturated heterocycles. The van der Waals surface area contributed by atoms with Crippen LogP contribution in [0, 0.1) is 10.1 Å². The normalized spacial score (nSPS) is 11.6. The molecule has 0 aliphatic rings. The molecule has 0 aliphatic carbocycles. The number of rotatable bonds is 6. The van der Waals surface area contributed by atoms with Gasteiger partial charge in [0.15, 0.2) is 0 Å². The lowest BCUT2D eigenvalue weighted by atomic mass is 10.1. The van der Waals surface area contributed by atoms with Crippen LogP contribution in [0.2, 0.25) is 5.02 Å². The summed E-state index contributed by atoms with van der Waals surface area (Å²) in [6, 6.07) is 23.0. The van der Waals surface area contributed by atoms with Crippen LogP contribution >= 0.6 is 23.4 Å². The zero-order valence-corrected chi connectivity index (χ0v) is 15.6. The van der Waals surface area contributed by atoms with Crippen molar-refractivity contribution in [2.75, 3.05) is 5.32 Å². The second kappa shape index (κ2) is 8.70. The molecule has 0 heterocycles. The van der Waals surface area contributed by atoms with E-state index in [0.717, 1.165) is 10.5 Å². The summed E-state index contributed by atoms with van der Waals surface area (Å²) in [5.74, 6) is -0.259. The fourth-order valence-corrected chi connectivity index (χ4v) is 3.72. The molecule has 0 fully saturated rings. The van der Waals surface area contributed by atoms with Crippen LogP contribution < -0.4 is 5.32 Å². The second-order valence-corrected chi connectivity index (χ2v) is 7.22. The Morgan fingerprint density at radius 1 is 1.00 bits per heavy atom. The number of thioether (sulfide) groups is 1. The average molecular weight is 399 g/mol. The van der Waals surface area contributed by atoms with Crippen molar-refractivity contribution in [2.24, 2.45) is 0 Å². The van der Waals surface area contributed by atoms with Crippen molar-refractivity contribution < 1.29 is 9.72 Å². The summed E-state index contributed by atoms with van der Waals surface area (Å²) in [4.78, 5) is 24.2. The minimum Gasteiger partial charge on any atom is -0.323 e. The van der Waals surface area contributed by atoms with E-state index in [2.05, 4.69) is 5.32 Å². The van der Waals surface area contributed by atoms with E-state index in [9.17, 15) is 14.9 Å². The van der Waals surface area contributed by atoms with Crippen LogP contribution in [-0.4, -0.2) is 10.8 Å². The van der Waals surface area contributed by atoms with Crippen LogP contribution in [0.15, 0.2) is 83.8 Å². The third-order valence-electron chi connectivity index (χ3n) is 3.76. The molecule has 0 bridgehead atoms. The van der Waals surface area contributed by atoms with Gasteiger partial charge in [0.25, 0.3) is 5.69 Å². The smallest absolute Gasteiger partial charge is 0.271 e. The summed E-state index contributed by atoms with van der Waals surface area (Å²) in [5.41, 5.74) is 1.06. The molecule has 0 aliphatic heterocycles. The Kier molecular flexibility index (Phi) is 6.11. The van der Waals surface area contributed by atoms with Crippen molar-refractivity contribution in [3.05, 3.63) is 99.6 Å². The van der Waals surface area contributed by atoms with Crippen LogP contribution in [0.25, 0.3) is 0 Å². The zero-order valence-electron chi connectivity index (χ0n) is 14.0. The number of nitro benzene ring substituents is 1. The van der Waals surface area contributed by atoms with Gasteiger partial charge in [0.1, 0.15) is 5.25 Å². The third kappa shape index (κ3) is 4.87. The molecule has 0 spiro atoms. The van der Waals surface area contributed by atoms with Crippen LogP contribution in [0.3, 0.4) is 0 Å². The van der Waals surface area contributed by atoms with E-state index in [-0.39, 0.29) is 16.6 Å². The number of non-ortho nitro benzene ring substituents is 1. The number of nitrogens with one attached hydrogen (secondary N) is 1. The summed E-state index contributed by atoms with van der Waals surface area (Å²) in [5, 5.41) is 13.2. The number of nitrogens with zero attached hydrogens (tertiary/aromatic N) is 1. The highest BCUT2D eigenvalue weighted by Gasteiger charge is 2.23. The molecular weight excluding hydrogens is 384 g/mol. The van der Waals surface area contributed by atoms with Crippen molar-refractivity contribution in [3.8, 4) is 0 Å². The van der Waals surface area contributed by atoms with Gasteiger partial charge in [-0.05, 0) is 23.8 Å². The first kappa shape index (κ1) is 18.9. The van der Waals surface area contributed by atoms with Gasteiger partial charge in [-0.3, -0.25) is 14.9 Å². The number of carbonyl (C=O) groups excluding carboxylic acids is 1. The predicted octanol–water partition coefficient (Wildman–Crippen LogP) is 5.72. The van der Waals surface area contributed by atoms with E-state index in [1.807, 2.05) is 60.7 Å². The topological polar surface area (TPSA) is 72.2 Å². The molecule has 0 saturated carbocycles. The molecule has 136 valence electrons. The van der Waals surface area contributed by atoms with Crippen molar-refractivity contribution in [1.29, 1.82) is 0 Å². The number of benzene rings is 3. The molecular formula is C20H15ClN2O3S. The van der Waals surface area contributed by atoms with Gasteiger partial charge in [0.2, 0.25) is 5.91 Å². The minimum absolute atomic E-state index is 0.120. The summed E-state index contributed by atoms with van der Waals surface area (Å²) in [7, 11) is 0. The van der Waals surface area contributed by atoms with Gasteiger partial charge in [-0.1, -0.05) is 60.1 Å². The first-order chi connectivity index (χ1) is 13.0. The summed E-state index contributed by atoms with van der Waals surface area (Å²) >= 11 is 7.52. The summed E-state index contributed by atoms with van der Waals surface area (Å²) in [6.07, 6.45) is 0. The first-order valence-corrected chi connectivity index (χ1v) is 9.32. The highest BCUT2D eigenvalue weighted by molar-refractivity contribution is 8.00. The second-order valence-electron chi connectivity index (χ2n) is 5.63. The van der Waals surface area contributed by atoms with Crippen molar-refractivity contribution in [3.63, 3.8) is 0 Å². The highest BCUT2D eigenvalue weighted by atomic mass is 35.5. The Morgan fingerprint density at radius 3 is 2.22 bits per heavy atom. The Hall–Kier alpha value is -2.83. The van der Waals surface area contributed by atoms with Gasteiger partial charge >= 0.3 is 0 Å². The van der Waals surface area contributed by atoms with Gasteiger partial charge in [0.05, 0.1) is 15.6 Å². The lowest BCUT2D eigenvalue weighted by molar-refractivity contribution is -0.384. The quantitative estimate of drug-likeness (QED) is 0.327. The average Bonchev–Trinajstić information content (AvgIpc) is 2.69. The molecule has 27 heavy (non-hydrogen) atoms. The monoisotopic (exact) mass is 398 g/mol. The number of hydrogen-bond acceptors (Lipinski definition) is 4. The maximum absolute atomic E-state index is 13.0. The fraction of sp³-hybridized carbons (Fsp3) is 0.0500. The van der Waals surface area contributed by atoms with E-state index in [1.165, 1.54) is 30.0 Å². The molecule has 1 unspecified atom stereocenters.